The lowest BCUT2D eigenvalue weighted by Gasteiger charge is -2.08. The van der Waals surface area contributed by atoms with Crippen LogP contribution in [0.4, 0.5) is 8.78 Å². The Hall–Kier alpha value is -2.18. The molecule has 0 aromatic heterocycles. The molecule has 104 valence electrons. The molecule has 0 heterocycles. The van der Waals surface area contributed by atoms with E-state index in [2.05, 4.69) is 5.32 Å². The van der Waals surface area contributed by atoms with Gasteiger partial charge in [0.2, 0.25) is 5.91 Å². The second-order valence-electron chi connectivity index (χ2n) is 3.85. The summed E-state index contributed by atoms with van der Waals surface area (Å²) in [5.41, 5.74) is 0.552. The maximum atomic E-state index is 11.8. The second-order valence-corrected chi connectivity index (χ2v) is 3.85. The van der Waals surface area contributed by atoms with Crippen LogP contribution in [0.1, 0.15) is 15.9 Å². The van der Waals surface area contributed by atoms with Crippen molar-refractivity contribution >= 4 is 11.8 Å². The van der Waals surface area contributed by atoms with Crippen molar-refractivity contribution in [3.05, 3.63) is 29.3 Å². The van der Waals surface area contributed by atoms with E-state index < -0.39 is 31.3 Å². The topological polar surface area (TPSA) is 78.4 Å². The minimum absolute atomic E-state index is 0.0293. The van der Waals surface area contributed by atoms with Gasteiger partial charge in [0.1, 0.15) is 5.75 Å². The maximum Gasteiger partial charge on any atom is 0.255 e. The number of phenols is 1. The molecule has 0 aliphatic heterocycles. The van der Waals surface area contributed by atoms with E-state index in [1.807, 2.05) is 5.32 Å². The Morgan fingerprint density at radius 3 is 2.63 bits per heavy atom. The molecule has 3 N–H and O–H groups in total. The third-order valence-corrected chi connectivity index (χ3v) is 2.35. The molecule has 5 nitrogen and oxygen atoms in total. The fraction of sp³-hybridized carbons (Fsp3) is 0.333. The molecule has 0 atom stereocenters. The van der Waals surface area contributed by atoms with E-state index in [-0.39, 0.29) is 11.3 Å². The molecule has 0 spiro atoms. The highest BCUT2D eigenvalue weighted by molar-refractivity contribution is 5.98. The van der Waals surface area contributed by atoms with Crippen LogP contribution in [0.3, 0.4) is 0 Å². The largest absolute Gasteiger partial charge is 0.507 e. The molecule has 0 bridgehead atoms. The van der Waals surface area contributed by atoms with E-state index in [1.54, 1.807) is 19.1 Å². The molecule has 7 heteroatoms. The standard InChI is InChI=1S/C12H14F2N2O3/c1-7-3-2-4-8(11(7)18)12(19)16-6-10(17)15-5-9(13)14/h2-4,9,18H,5-6H2,1H3,(H,15,17)(H,16,19). The minimum Gasteiger partial charge on any atom is -0.507 e. The highest BCUT2D eigenvalue weighted by Crippen LogP contribution is 2.20. The summed E-state index contributed by atoms with van der Waals surface area (Å²) in [7, 11) is 0. The lowest BCUT2D eigenvalue weighted by atomic mass is 10.1. The number of aryl methyl sites for hydroxylation is 1. The Morgan fingerprint density at radius 2 is 2.00 bits per heavy atom. The van der Waals surface area contributed by atoms with E-state index in [4.69, 9.17) is 0 Å². The zero-order valence-electron chi connectivity index (χ0n) is 10.2. The summed E-state index contributed by atoms with van der Waals surface area (Å²) in [6.45, 7) is 0.435. The first kappa shape index (κ1) is 14.9. The quantitative estimate of drug-likeness (QED) is 0.742. The molecule has 1 aromatic rings. The Kier molecular flexibility index (Phi) is 5.23. The number of carbonyl (C=O) groups excluding carboxylic acids is 2. The number of phenolic OH excluding ortho intramolecular Hbond substituents is 1. The monoisotopic (exact) mass is 272 g/mol. The van der Waals surface area contributed by atoms with Crippen LogP contribution in [0.15, 0.2) is 18.2 Å². The number of alkyl halides is 2. The van der Waals surface area contributed by atoms with Crippen molar-refractivity contribution in [1.29, 1.82) is 0 Å². The van der Waals surface area contributed by atoms with Crippen LogP contribution in [0.25, 0.3) is 0 Å². The van der Waals surface area contributed by atoms with Gasteiger partial charge >= 0.3 is 0 Å². The van der Waals surface area contributed by atoms with Crippen LogP contribution in [0.5, 0.6) is 5.75 Å². The van der Waals surface area contributed by atoms with Crippen LogP contribution < -0.4 is 10.6 Å². The van der Waals surface area contributed by atoms with Crippen LogP contribution in [-0.4, -0.2) is 36.4 Å². The minimum atomic E-state index is -2.64. The van der Waals surface area contributed by atoms with Crippen molar-refractivity contribution in [3.8, 4) is 5.75 Å². The van der Waals surface area contributed by atoms with E-state index in [0.29, 0.717) is 5.56 Å². The van der Waals surface area contributed by atoms with Crippen molar-refractivity contribution < 1.29 is 23.5 Å². The van der Waals surface area contributed by atoms with Crippen molar-refractivity contribution in [2.45, 2.75) is 13.3 Å². The average Bonchev–Trinajstić information content (AvgIpc) is 2.36. The van der Waals surface area contributed by atoms with Gasteiger partial charge in [-0.1, -0.05) is 12.1 Å². The van der Waals surface area contributed by atoms with Crippen molar-refractivity contribution in [2.75, 3.05) is 13.1 Å². The molecule has 0 radical (unpaired) electrons. The second kappa shape index (κ2) is 6.67. The van der Waals surface area contributed by atoms with Gasteiger partial charge in [0, 0.05) is 0 Å². The third kappa shape index (κ3) is 4.53. The number of benzene rings is 1. The smallest absolute Gasteiger partial charge is 0.255 e. The van der Waals surface area contributed by atoms with E-state index >= 15 is 0 Å². The molecule has 0 unspecified atom stereocenters. The van der Waals surface area contributed by atoms with Crippen molar-refractivity contribution in [2.24, 2.45) is 0 Å². The molecule has 0 aliphatic rings. The summed E-state index contributed by atoms with van der Waals surface area (Å²) < 4.78 is 23.6. The number of aromatic hydroxyl groups is 1. The van der Waals surface area contributed by atoms with Gasteiger partial charge in [0.25, 0.3) is 12.3 Å². The Balaban J connectivity index is 2.52. The van der Waals surface area contributed by atoms with E-state index in [9.17, 15) is 23.5 Å². The highest BCUT2D eigenvalue weighted by atomic mass is 19.3. The molecule has 2 amide bonds. The van der Waals surface area contributed by atoms with Crippen molar-refractivity contribution in [3.63, 3.8) is 0 Å². The van der Waals surface area contributed by atoms with Crippen molar-refractivity contribution in [1.82, 2.24) is 10.6 Å². The van der Waals surface area contributed by atoms with Gasteiger partial charge < -0.3 is 15.7 Å². The number of hydrogen-bond acceptors (Lipinski definition) is 3. The van der Waals surface area contributed by atoms with E-state index in [1.165, 1.54) is 6.07 Å². The summed E-state index contributed by atoms with van der Waals surface area (Å²) in [6.07, 6.45) is -2.64. The molecule has 0 aliphatic carbocycles. The molecular formula is C12H14F2N2O3. The average molecular weight is 272 g/mol. The van der Waals surface area contributed by atoms with Gasteiger partial charge in [-0.15, -0.1) is 0 Å². The summed E-state index contributed by atoms with van der Waals surface area (Å²) in [5.74, 6) is -1.54. The zero-order chi connectivity index (χ0) is 14.4. The lowest BCUT2D eigenvalue weighted by molar-refractivity contribution is -0.120. The fourth-order valence-corrected chi connectivity index (χ4v) is 1.35. The molecule has 0 saturated carbocycles. The van der Waals surface area contributed by atoms with Crippen LogP contribution in [0.2, 0.25) is 0 Å². The first-order valence-electron chi connectivity index (χ1n) is 5.53. The number of carbonyl (C=O) groups is 2. The van der Waals surface area contributed by atoms with Gasteiger partial charge in [0.05, 0.1) is 18.7 Å². The highest BCUT2D eigenvalue weighted by Gasteiger charge is 2.13. The van der Waals surface area contributed by atoms with Crippen LogP contribution in [-0.2, 0) is 4.79 Å². The number of para-hydroxylation sites is 1. The van der Waals surface area contributed by atoms with Gasteiger partial charge in [-0.2, -0.15) is 0 Å². The zero-order valence-corrected chi connectivity index (χ0v) is 10.2. The summed E-state index contributed by atoms with van der Waals surface area (Å²) in [4.78, 5) is 22.8. The van der Waals surface area contributed by atoms with Gasteiger partial charge in [-0.05, 0) is 18.6 Å². The van der Waals surface area contributed by atoms with Crippen LogP contribution >= 0.6 is 0 Å². The first-order chi connectivity index (χ1) is 8.91. The number of nitrogens with one attached hydrogen (secondary N) is 2. The summed E-state index contributed by atoms with van der Waals surface area (Å²) in [6, 6.07) is 4.61. The number of rotatable bonds is 5. The summed E-state index contributed by atoms with van der Waals surface area (Å²) in [5, 5.41) is 13.8. The van der Waals surface area contributed by atoms with Crippen LogP contribution in [0, 0.1) is 6.92 Å². The van der Waals surface area contributed by atoms with Gasteiger partial charge in [0.15, 0.2) is 0 Å². The normalized spacial score (nSPS) is 10.3. The fourth-order valence-electron chi connectivity index (χ4n) is 1.35. The van der Waals surface area contributed by atoms with Gasteiger partial charge in [-0.3, -0.25) is 9.59 Å². The molecule has 0 fully saturated rings. The Bertz CT molecular complexity index is 478. The van der Waals surface area contributed by atoms with E-state index in [0.717, 1.165) is 0 Å². The molecule has 1 rings (SSSR count). The predicted molar refractivity (Wildman–Crippen MR) is 64.2 cm³/mol. The molecule has 1 aromatic carbocycles. The Labute approximate surface area is 108 Å². The molecule has 19 heavy (non-hydrogen) atoms. The number of halogens is 2. The summed E-state index contributed by atoms with van der Waals surface area (Å²) >= 11 is 0. The SMILES string of the molecule is Cc1cccc(C(=O)NCC(=O)NCC(F)F)c1O. The predicted octanol–water partition coefficient (Wildman–Crippen LogP) is 0.812. The third-order valence-electron chi connectivity index (χ3n) is 2.35. The lowest BCUT2D eigenvalue weighted by Crippen LogP contribution is -2.38. The molecular weight excluding hydrogens is 258 g/mol. The number of hydrogen-bond donors (Lipinski definition) is 3. The Morgan fingerprint density at radius 1 is 1.32 bits per heavy atom. The number of amides is 2. The maximum absolute atomic E-state index is 11.8. The van der Waals surface area contributed by atoms with Gasteiger partial charge in [-0.25, -0.2) is 8.78 Å². The molecule has 0 saturated heterocycles. The first-order valence-corrected chi connectivity index (χ1v) is 5.53.